The molecule has 0 heterocycles. The summed E-state index contributed by atoms with van der Waals surface area (Å²) in [6, 6.07) is 5.34. The summed E-state index contributed by atoms with van der Waals surface area (Å²) in [5.74, 6) is 0.0906. The van der Waals surface area contributed by atoms with E-state index in [0.29, 0.717) is 28.9 Å². The molecule has 0 unspecified atom stereocenters. The molecule has 0 aromatic heterocycles. The first kappa shape index (κ1) is 14.0. The molecule has 0 aliphatic rings. The lowest BCUT2D eigenvalue weighted by Crippen LogP contribution is -2.07. The highest BCUT2D eigenvalue weighted by Gasteiger charge is 2.18. The normalized spacial score (nSPS) is 10.6. The molecule has 0 aliphatic heterocycles. The third-order valence-electron chi connectivity index (χ3n) is 3.36. The number of anilines is 1. The van der Waals surface area contributed by atoms with Gasteiger partial charge in [0.05, 0.1) is 25.5 Å². The van der Waals surface area contributed by atoms with Crippen molar-refractivity contribution in [2.24, 2.45) is 0 Å². The largest absolute Gasteiger partial charge is 0.493 e. The van der Waals surface area contributed by atoms with Crippen LogP contribution in [0.3, 0.4) is 0 Å². The minimum Gasteiger partial charge on any atom is -0.493 e. The molecule has 0 saturated heterocycles. The number of carboxylic acids is 1. The number of ether oxygens (including phenoxy) is 2. The van der Waals surface area contributed by atoms with Crippen molar-refractivity contribution >= 4 is 22.4 Å². The number of hydrogen-bond donors (Lipinski definition) is 2. The van der Waals surface area contributed by atoms with Gasteiger partial charge in [0.15, 0.2) is 11.5 Å². The zero-order valence-corrected chi connectivity index (χ0v) is 11.7. The molecule has 0 aliphatic carbocycles. The smallest absolute Gasteiger partial charge is 0.338 e. The Hall–Kier alpha value is -2.43. The molecule has 106 valence electrons. The van der Waals surface area contributed by atoms with E-state index in [4.69, 9.17) is 15.2 Å². The molecule has 2 rings (SSSR count). The maximum atomic E-state index is 11.4. The van der Waals surface area contributed by atoms with Gasteiger partial charge in [-0.05, 0) is 29.5 Å². The van der Waals surface area contributed by atoms with Gasteiger partial charge in [-0.2, -0.15) is 0 Å². The van der Waals surface area contributed by atoms with Gasteiger partial charge >= 0.3 is 5.97 Å². The predicted molar refractivity (Wildman–Crippen MR) is 77.8 cm³/mol. The SMILES string of the molecule is CCc1cc2cc(OC)c(OC)cc2c(N)c1C(=O)O. The highest BCUT2D eigenvalue weighted by molar-refractivity contribution is 6.07. The first-order valence-corrected chi connectivity index (χ1v) is 6.23. The summed E-state index contributed by atoms with van der Waals surface area (Å²) in [5.41, 5.74) is 7.15. The molecule has 20 heavy (non-hydrogen) atoms. The fraction of sp³-hybridized carbons (Fsp3) is 0.267. The van der Waals surface area contributed by atoms with Gasteiger partial charge in [-0.15, -0.1) is 0 Å². The number of rotatable bonds is 4. The number of hydrogen-bond acceptors (Lipinski definition) is 4. The first-order chi connectivity index (χ1) is 9.53. The van der Waals surface area contributed by atoms with E-state index in [9.17, 15) is 9.90 Å². The molecule has 2 aromatic rings. The summed E-state index contributed by atoms with van der Waals surface area (Å²) in [4.78, 5) is 11.4. The van der Waals surface area contributed by atoms with Gasteiger partial charge in [0.25, 0.3) is 0 Å². The summed E-state index contributed by atoms with van der Waals surface area (Å²) >= 11 is 0. The molecule has 5 heteroatoms. The molecular weight excluding hydrogens is 258 g/mol. The summed E-state index contributed by atoms with van der Waals surface area (Å²) in [6.07, 6.45) is 0.593. The van der Waals surface area contributed by atoms with E-state index in [1.54, 1.807) is 19.2 Å². The van der Waals surface area contributed by atoms with Crippen molar-refractivity contribution in [1.82, 2.24) is 0 Å². The number of benzene rings is 2. The molecule has 0 radical (unpaired) electrons. The Morgan fingerprint density at radius 1 is 1.20 bits per heavy atom. The molecule has 0 amide bonds. The number of fused-ring (bicyclic) bond motifs is 1. The lowest BCUT2D eigenvalue weighted by molar-refractivity contribution is 0.0697. The van der Waals surface area contributed by atoms with Gasteiger partial charge in [0.2, 0.25) is 0 Å². The Balaban J connectivity index is 2.86. The quantitative estimate of drug-likeness (QED) is 0.838. The van der Waals surface area contributed by atoms with Crippen molar-refractivity contribution < 1.29 is 19.4 Å². The number of carboxylic acid groups (broad SMARTS) is 1. The van der Waals surface area contributed by atoms with Crippen LogP contribution in [0.15, 0.2) is 18.2 Å². The van der Waals surface area contributed by atoms with E-state index in [2.05, 4.69) is 0 Å². The first-order valence-electron chi connectivity index (χ1n) is 6.23. The van der Waals surface area contributed by atoms with Crippen LogP contribution < -0.4 is 15.2 Å². The Kier molecular flexibility index (Phi) is 3.70. The van der Waals surface area contributed by atoms with Crippen molar-refractivity contribution in [1.29, 1.82) is 0 Å². The Labute approximate surface area is 116 Å². The van der Waals surface area contributed by atoms with Gasteiger partial charge in [0.1, 0.15) is 0 Å². The molecule has 3 N–H and O–H groups in total. The van der Waals surface area contributed by atoms with Crippen LogP contribution in [-0.4, -0.2) is 25.3 Å². The lowest BCUT2D eigenvalue weighted by atomic mass is 9.96. The van der Waals surface area contributed by atoms with Crippen LogP contribution in [0.2, 0.25) is 0 Å². The molecule has 0 atom stereocenters. The molecule has 0 fully saturated rings. The van der Waals surface area contributed by atoms with Gasteiger partial charge in [-0.3, -0.25) is 0 Å². The Morgan fingerprint density at radius 3 is 2.30 bits per heavy atom. The molecule has 0 saturated carbocycles. The number of methoxy groups -OCH3 is 2. The maximum Gasteiger partial charge on any atom is 0.338 e. The average molecular weight is 275 g/mol. The van der Waals surface area contributed by atoms with Crippen molar-refractivity contribution in [3.8, 4) is 11.5 Å². The van der Waals surface area contributed by atoms with Crippen LogP contribution in [0.4, 0.5) is 5.69 Å². The van der Waals surface area contributed by atoms with Crippen LogP contribution in [0, 0.1) is 0 Å². The summed E-state index contributed by atoms with van der Waals surface area (Å²) in [5, 5.41) is 10.8. The van der Waals surface area contributed by atoms with Gasteiger partial charge in [0, 0.05) is 5.39 Å². The number of aryl methyl sites for hydroxylation is 1. The van der Waals surface area contributed by atoms with Crippen molar-refractivity contribution in [3.63, 3.8) is 0 Å². The van der Waals surface area contributed by atoms with Crippen LogP contribution in [0.5, 0.6) is 11.5 Å². The fourth-order valence-corrected chi connectivity index (χ4v) is 2.35. The monoisotopic (exact) mass is 275 g/mol. The second kappa shape index (κ2) is 5.28. The topological polar surface area (TPSA) is 81.8 Å². The third kappa shape index (κ3) is 2.11. The summed E-state index contributed by atoms with van der Waals surface area (Å²) < 4.78 is 10.5. The van der Waals surface area contributed by atoms with Crippen LogP contribution >= 0.6 is 0 Å². The Bertz CT molecular complexity index is 679. The number of nitrogens with two attached hydrogens (primary N) is 1. The molecule has 2 aromatic carbocycles. The van der Waals surface area contributed by atoms with Crippen molar-refractivity contribution in [2.45, 2.75) is 13.3 Å². The second-order valence-corrected chi connectivity index (χ2v) is 4.41. The maximum absolute atomic E-state index is 11.4. The van der Waals surface area contributed by atoms with Gasteiger partial charge in [-0.25, -0.2) is 4.79 Å². The molecule has 5 nitrogen and oxygen atoms in total. The van der Waals surface area contributed by atoms with E-state index in [1.165, 1.54) is 7.11 Å². The van der Waals surface area contributed by atoms with E-state index in [0.717, 1.165) is 5.39 Å². The average Bonchev–Trinajstić information content (AvgIpc) is 2.45. The summed E-state index contributed by atoms with van der Waals surface area (Å²) in [7, 11) is 3.08. The third-order valence-corrected chi connectivity index (χ3v) is 3.36. The number of nitrogen functional groups attached to an aromatic ring is 1. The van der Waals surface area contributed by atoms with Crippen molar-refractivity contribution in [3.05, 3.63) is 29.3 Å². The fourth-order valence-electron chi connectivity index (χ4n) is 2.35. The van der Waals surface area contributed by atoms with E-state index < -0.39 is 5.97 Å². The van der Waals surface area contributed by atoms with Gasteiger partial charge < -0.3 is 20.3 Å². The highest BCUT2D eigenvalue weighted by atomic mass is 16.5. The van der Waals surface area contributed by atoms with Crippen LogP contribution in [0.1, 0.15) is 22.8 Å². The number of carbonyl (C=O) groups is 1. The molecular formula is C15H17NO4. The minimum absolute atomic E-state index is 0.159. The molecule has 0 spiro atoms. The lowest BCUT2D eigenvalue weighted by Gasteiger charge is -2.14. The van der Waals surface area contributed by atoms with Crippen LogP contribution in [-0.2, 0) is 6.42 Å². The predicted octanol–water partition coefficient (Wildman–Crippen LogP) is 2.70. The Morgan fingerprint density at radius 2 is 1.80 bits per heavy atom. The second-order valence-electron chi connectivity index (χ2n) is 4.41. The van der Waals surface area contributed by atoms with Gasteiger partial charge in [-0.1, -0.05) is 13.0 Å². The molecule has 0 bridgehead atoms. The zero-order chi connectivity index (χ0) is 14.9. The van der Waals surface area contributed by atoms with E-state index in [-0.39, 0.29) is 11.3 Å². The minimum atomic E-state index is -1.02. The summed E-state index contributed by atoms with van der Waals surface area (Å²) in [6.45, 7) is 1.90. The van der Waals surface area contributed by atoms with Crippen LogP contribution in [0.25, 0.3) is 10.8 Å². The highest BCUT2D eigenvalue weighted by Crippen LogP contribution is 2.37. The van der Waals surface area contributed by atoms with Crippen molar-refractivity contribution in [2.75, 3.05) is 20.0 Å². The standard InChI is InChI=1S/C15H17NO4/c1-4-8-5-9-6-11(19-2)12(20-3)7-10(9)14(16)13(8)15(17)18/h5-7H,4,16H2,1-3H3,(H,17,18). The van der Waals surface area contributed by atoms with E-state index in [1.807, 2.05) is 13.0 Å². The number of aromatic carboxylic acids is 1. The zero-order valence-electron chi connectivity index (χ0n) is 11.7. The van der Waals surface area contributed by atoms with E-state index >= 15 is 0 Å².